The van der Waals surface area contributed by atoms with Gasteiger partial charge in [0.2, 0.25) is 11.8 Å². The lowest BCUT2D eigenvalue weighted by Gasteiger charge is -2.33. The van der Waals surface area contributed by atoms with E-state index in [1.165, 1.54) is 4.90 Å². The normalized spacial score (nSPS) is 21.0. The molecule has 0 aromatic heterocycles. The molecule has 130 valence electrons. The zero-order valence-electron chi connectivity index (χ0n) is 14.4. The standard InChI is InChI=1S/C21H14N4O2/c1-25-17-10-6-5-9-14(17)21(20(25)26)15(11-22)18(13-7-3-2-4-8-13)27-19(24)16(21)12-23/h2-10H,24H2,1H3/t21-/m0/s1. The van der Waals surface area contributed by atoms with Crippen LogP contribution >= 0.6 is 0 Å². The van der Waals surface area contributed by atoms with Gasteiger partial charge in [-0.2, -0.15) is 10.5 Å². The van der Waals surface area contributed by atoms with Crippen molar-refractivity contribution in [1.82, 2.24) is 0 Å². The number of carbonyl (C=O) groups excluding carboxylic acids is 1. The summed E-state index contributed by atoms with van der Waals surface area (Å²) in [5, 5.41) is 19.9. The van der Waals surface area contributed by atoms with Gasteiger partial charge in [-0.3, -0.25) is 4.79 Å². The molecule has 1 spiro atoms. The minimum atomic E-state index is -1.61. The molecule has 0 aliphatic carbocycles. The maximum atomic E-state index is 13.4. The molecule has 6 nitrogen and oxygen atoms in total. The average molecular weight is 354 g/mol. The van der Waals surface area contributed by atoms with Crippen LogP contribution in [0.5, 0.6) is 0 Å². The Kier molecular flexibility index (Phi) is 3.50. The van der Waals surface area contributed by atoms with Crippen molar-refractivity contribution in [3.05, 3.63) is 82.8 Å². The van der Waals surface area contributed by atoms with Gasteiger partial charge in [-0.15, -0.1) is 0 Å². The van der Waals surface area contributed by atoms with Crippen LogP contribution < -0.4 is 10.6 Å². The number of likely N-dealkylation sites (N-methyl/N-ethyl adjacent to an activating group) is 1. The highest BCUT2D eigenvalue weighted by Crippen LogP contribution is 2.54. The second-order valence-electron chi connectivity index (χ2n) is 6.27. The summed E-state index contributed by atoms with van der Waals surface area (Å²) in [6.45, 7) is 0. The molecule has 2 aliphatic rings. The molecular weight excluding hydrogens is 340 g/mol. The maximum absolute atomic E-state index is 13.4. The van der Waals surface area contributed by atoms with Crippen molar-refractivity contribution >= 4 is 17.4 Å². The number of carbonyl (C=O) groups is 1. The number of hydrogen-bond acceptors (Lipinski definition) is 5. The van der Waals surface area contributed by atoms with Crippen LogP contribution in [0.4, 0.5) is 5.69 Å². The third-order valence-electron chi connectivity index (χ3n) is 4.99. The average Bonchev–Trinajstić information content (AvgIpc) is 2.92. The highest BCUT2D eigenvalue weighted by Gasteiger charge is 2.60. The van der Waals surface area contributed by atoms with Gasteiger partial charge in [-0.05, 0) is 6.07 Å². The monoisotopic (exact) mass is 354 g/mol. The Labute approximate surface area is 156 Å². The van der Waals surface area contributed by atoms with Gasteiger partial charge in [0.25, 0.3) is 0 Å². The van der Waals surface area contributed by atoms with Crippen LogP contribution in [0.1, 0.15) is 11.1 Å². The summed E-state index contributed by atoms with van der Waals surface area (Å²) in [7, 11) is 1.62. The second-order valence-corrected chi connectivity index (χ2v) is 6.27. The van der Waals surface area contributed by atoms with Crippen LogP contribution in [0, 0.1) is 22.7 Å². The van der Waals surface area contributed by atoms with Crippen molar-refractivity contribution in [2.45, 2.75) is 5.41 Å². The predicted octanol–water partition coefficient (Wildman–Crippen LogP) is 2.56. The van der Waals surface area contributed by atoms with Gasteiger partial charge < -0.3 is 15.4 Å². The van der Waals surface area contributed by atoms with Gasteiger partial charge in [0.1, 0.15) is 17.7 Å². The molecule has 0 saturated carbocycles. The molecule has 1 atom stereocenters. The van der Waals surface area contributed by atoms with Crippen LogP contribution in [-0.4, -0.2) is 13.0 Å². The number of hydrogen-bond donors (Lipinski definition) is 1. The van der Waals surface area contributed by atoms with E-state index in [4.69, 9.17) is 10.5 Å². The molecule has 0 bridgehead atoms. The van der Waals surface area contributed by atoms with Crippen molar-refractivity contribution in [2.24, 2.45) is 5.73 Å². The number of rotatable bonds is 1. The molecule has 2 aromatic rings. The first kappa shape index (κ1) is 16.4. The molecule has 6 heteroatoms. The van der Waals surface area contributed by atoms with Gasteiger partial charge in [-0.1, -0.05) is 48.5 Å². The van der Waals surface area contributed by atoms with Crippen molar-refractivity contribution < 1.29 is 9.53 Å². The SMILES string of the molecule is CN1C(=O)[C@@]2(C(C#N)=C(N)OC(c3ccccc3)=C2C#N)c2ccccc21. The van der Waals surface area contributed by atoms with Crippen LogP contribution in [-0.2, 0) is 14.9 Å². The first-order valence-corrected chi connectivity index (χ1v) is 8.23. The fraction of sp³-hybridized carbons (Fsp3) is 0.0952. The number of fused-ring (bicyclic) bond motifs is 2. The summed E-state index contributed by atoms with van der Waals surface area (Å²) < 4.78 is 5.69. The fourth-order valence-corrected chi connectivity index (χ4v) is 3.80. The van der Waals surface area contributed by atoms with Crippen molar-refractivity contribution in [1.29, 1.82) is 10.5 Å². The maximum Gasteiger partial charge on any atom is 0.248 e. The quantitative estimate of drug-likeness (QED) is 0.848. The van der Waals surface area contributed by atoms with Crippen LogP contribution in [0.25, 0.3) is 5.76 Å². The van der Waals surface area contributed by atoms with E-state index < -0.39 is 11.3 Å². The number of ether oxygens (including phenoxy) is 1. The molecule has 0 unspecified atom stereocenters. The van der Waals surface area contributed by atoms with Crippen molar-refractivity contribution in [3.8, 4) is 12.1 Å². The van der Waals surface area contributed by atoms with Gasteiger partial charge >= 0.3 is 0 Å². The number of para-hydroxylation sites is 1. The highest BCUT2D eigenvalue weighted by atomic mass is 16.5. The first-order valence-electron chi connectivity index (χ1n) is 8.23. The molecule has 2 N–H and O–H groups in total. The van der Waals surface area contributed by atoms with E-state index in [1.54, 1.807) is 55.6 Å². The number of benzene rings is 2. The highest BCUT2D eigenvalue weighted by molar-refractivity contribution is 6.15. The third kappa shape index (κ3) is 1.95. The molecule has 0 fully saturated rings. The van der Waals surface area contributed by atoms with Crippen molar-refractivity contribution in [2.75, 3.05) is 11.9 Å². The van der Waals surface area contributed by atoms with Gasteiger partial charge in [0.15, 0.2) is 11.2 Å². The number of nitrogens with zero attached hydrogens (tertiary/aromatic N) is 3. The number of nitriles is 2. The summed E-state index contributed by atoms with van der Waals surface area (Å²) in [6, 6.07) is 20.2. The molecule has 27 heavy (non-hydrogen) atoms. The van der Waals surface area contributed by atoms with E-state index in [-0.39, 0.29) is 22.8 Å². The predicted molar refractivity (Wildman–Crippen MR) is 98.4 cm³/mol. The Morgan fingerprint density at radius 1 is 1.00 bits per heavy atom. The molecule has 1 amide bonds. The topological polar surface area (TPSA) is 103 Å². The van der Waals surface area contributed by atoms with E-state index in [9.17, 15) is 15.3 Å². The lowest BCUT2D eigenvalue weighted by molar-refractivity contribution is -0.120. The molecule has 0 saturated heterocycles. The van der Waals surface area contributed by atoms with E-state index >= 15 is 0 Å². The zero-order chi connectivity index (χ0) is 19.2. The largest absolute Gasteiger partial charge is 0.439 e. The summed E-state index contributed by atoms with van der Waals surface area (Å²) in [5.41, 5.74) is 6.23. The molecular formula is C21H14N4O2. The summed E-state index contributed by atoms with van der Waals surface area (Å²) in [5.74, 6) is -0.390. The van der Waals surface area contributed by atoms with Crippen LogP contribution in [0.2, 0.25) is 0 Å². The Morgan fingerprint density at radius 3 is 2.30 bits per heavy atom. The molecule has 0 radical (unpaired) electrons. The lowest BCUT2D eigenvalue weighted by atomic mass is 9.68. The minimum absolute atomic E-state index is 0.0567. The Morgan fingerprint density at radius 2 is 1.63 bits per heavy atom. The number of nitrogens with two attached hydrogens (primary N) is 1. The summed E-state index contributed by atoms with van der Waals surface area (Å²) in [6.07, 6.45) is 0. The summed E-state index contributed by atoms with van der Waals surface area (Å²) >= 11 is 0. The van der Waals surface area contributed by atoms with Gasteiger partial charge in [-0.25, -0.2) is 0 Å². The lowest BCUT2D eigenvalue weighted by Crippen LogP contribution is -2.45. The van der Waals surface area contributed by atoms with Crippen LogP contribution in [0.15, 0.2) is 71.6 Å². The minimum Gasteiger partial charge on any atom is -0.439 e. The number of amides is 1. The third-order valence-corrected chi connectivity index (χ3v) is 4.99. The molecule has 2 aromatic carbocycles. The van der Waals surface area contributed by atoms with E-state index in [1.807, 2.05) is 12.1 Å². The fourth-order valence-electron chi connectivity index (χ4n) is 3.80. The zero-order valence-corrected chi connectivity index (χ0v) is 14.4. The Hall–Kier alpha value is -4.03. The number of anilines is 1. The van der Waals surface area contributed by atoms with Gasteiger partial charge in [0.05, 0.1) is 5.57 Å². The molecule has 2 aliphatic heterocycles. The second kappa shape index (κ2) is 5.76. The van der Waals surface area contributed by atoms with Crippen LogP contribution in [0.3, 0.4) is 0 Å². The van der Waals surface area contributed by atoms with E-state index in [2.05, 4.69) is 6.07 Å². The smallest absolute Gasteiger partial charge is 0.248 e. The molecule has 4 rings (SSSR count). The Balaban J connectivity index is 2.15. The summed E-state index contributed by atoms with van der Waals surface area (Å²) in [4.78, 5) is 14.9. The van der Waals surface area contributed by atoms with Gasteiger partial charge in [0, 0.05) is 23.9 Å². The van der Waals surface area contributed by atoms with Crippen molar-refractivity contribution in [3.63, 3.8) is 0 Å². The molecule has 2 heterocycles. The van der Waals surface area contributed by atoms with E-state index in [0.29, 0.717) is 16.8 Å². The first-order chi connectivity index (χ1) is 13.1. The Bertz CT molecular complexity index is 1120. The van der Waals surface area contributed by atoms with E-state index in [0.717, 1.165) is 0 Å².